The zero-order valence-corrected chi connectivity index (χ0v) is 15.3. The van der Waals surface area contributed by atoms with Crippen LogP contribution in [-0.2, 0) is 4.79 Å². The molecule has 3 rings (SSSR count). The van der Waals surface area contributed by atoms with E-state index in [9.17, 15) is 14.0 Å². The molecule has 0 bridgehead atoms. The Bertz CT molecular complexity index is 875. The average molecular weight is 368 g/mol. The molecule has 1 aliphatic rings. The molecule has 2 amide bonds. The summed E-state index contributed by atoms with van der Waals surface area (Å²) in [7, 11) is 1.40. The molecule has 0 fully saturated rings. The molecule has 0 saturated heterocycles. The van der Waals surface area contributed by atoms with Crippen molar-refractivity contribution in [3.8, 4) is 5.75 Å². The number of carbonyl (C=O) groups is 2. The molecule has 1 atom stereocenters. The number of methoxy groups -OCH3 is 1. The Labute approximate surface area is 157 Å². The summed E-state index contributed by atoms with van der Waals surface area (Å²) < 4.78 is 18.7. The number of nitrogens with one attached hydrogen (secondary N) is 1. The van der Waals surface area contributed by atoms with Gasteiger partial charge in [0.05, 0.1) is 13.2 Å². The van der Waals surface area contributed by atoms with Crippen molar-refractivity contribution in [2.75, 3.05) is 13.7 Å². The SMILES string of the molecule is C=C1c2ccccc2C(=O)N1CCC(=O)NC(C)c1ccc(OC)c(F)c1. The van der Waals surface area contributed by atoms with E-state index in [4.69, 9.17) is 4.74 Å². The zero-order valence-electron chi connectivity index (χ0n) is 15.3. The maximum absolute atomic E-state index is 13.8. The minimum atomic E-state index is -0.479. The van der Waals surface area contributed by atoms with Crippen molar-refractivity contribution in [2.24, 2.45) is 0 Å². The van der Waals surface area contributed by atoms with Crippen LogP contribution in [0.5, 0.6) is 5.75 Å². The molecule has 6 heteroatoms. The molecule has 27 heavy (non-hydrogen) atoms. The average Bonchev–Trinajstić information content (AvgIpc) is 2.90. The third kappa shape index (κ3) is 3.69. The summed E-state index contributed by atoms with van der Waals surface area (Å²) in [6.45, 7) is 5.97. The topological polar surface area (TPSA) is 58.6 Å². The smallest absolute Gasteiger partial charge is 0.258 e. The first-order valence-corrected chi connectivity index (χ1v) is 8.65. The molecule has 1 aliphatic heterocycles. The van der Waals surface area contributed by atoms with E-state index in [1.54, 1.807) is 25.1 Å². The van der Waals surface area contributed by atoms with Crippen LogP contribution < -0.4 is 10.1 Å². The van der Waals surface area contributed by atoms with Crippen molar-refractivity contribution >= 4 is 17.5 Å². The van der Waals surface area contributed by atoms with Gasteiger partial charge < -0.3 is 15.0 Å². The maximum atomic E-state index is 13.8. The number of benzene rings is 2. The third-order valence-electron chi connectivity index (χ3n) is 4.66. The van der Waals surface area contributed by atoms with Crippen molar-refractivity contribution in [1.29, 1.82) is 0 Å². The van der Waals surface area contributed by atoms with Crippen LogP contribution in [0.4, 0.5) is 4.39 Å². The van der Waals surface area contributed by atoms with E-state index in [1.165, 1.54) is 24.1 Å². The number of nitrogens with zero attached hydrogens (tertiary/aromatic N) is 1. The number of hydrogen-bond acceptors (Lipinski definition) is 3. The van der Waals surface area contributed by atoms with Gasteiger partial charge in [0.2, 0.25) is 5.91 Å². The quantitative estimate of drug-likeness (QED) is 0.849. The van der Waals surface area contributed by atoms with Gasteiger partial charge in [0.15, 0.2) is 11.6 Å². The Balaban J connectivity index is 1.58. The van der Waals surface area contributed by atoms with Crippen LogP contribution in [0.15, 0.2) is 49.0 Å². The molecule has 0 radical (unpaired) electrons. The molecule has 1 unspecified atom stereocenters. The first kappa shape index (κ1) is 18.6. The van der Waals surface area contributed by atoms with Crippen LogP contribution in [0.25, 0.3) is 5.70 Å². The number of fused-ring (bicyclic) bond motifs is 1. The Morgan fingerprint density at radius 2 is 1.96 bits per heavy atom. The predicted molar refractivity (Wildman–Crippen MR) is 101 cm³/mol. The van der Waals surface area contributed by atoms with Crippen molar-refractivity contribution in [1.82, 2.24) is 10.2 Å². The van der Waals surface area contributed by atoms with Gasteiger partial charge in [-0.2, -0.15) is 0 Å². The van der Waals surface area contributed by atoms with Crippen LogP contribution in [0, 0.1) is 5.82 Å². The van der Waals surface area contributed by atoms with E-state index in [1.807, 2.05) is 12.1 Å². The Morgan fingerprint density at radius 3 is 2.59 bits per heavy atom. The fraction of sp³-hybridized carbons (Fsp3) is 0.238. The minimum absolute atomic E-state index is 0.127. The van der Waals surface area contributed by atoms with E-state index in [0.29, 0.717) is 16.8 Å². The number of ether oxygens (including phenoxy) is 1. The lowest BCUT2D eigenvalue weighted by Crippen LogP contribution is -2.32. The van der Waals surface area contributed by atoms with E-state index in [-0.39, 0.29) is 36.6 Å². The molecular formula is C21H21FN2O3. The molecule has 1 N–H and O–H groups in total. The highest BCUT2D eigenvalue weighted by molar-refractivity contribution is 6.08. The summed E-state index contributed by atoms with van der Waals surface area (Å²) in [5.41, 5.74) is 2.64. The van der Waals surface area contributed by atoms with E-state index < -0.39 is 5.82 Å². The molecule has 1 heterocycles. The van der Waals surface area contributed by atoms with E-state index >= 15 is 0 Å². The molecule has 0 spiro atoms. The molecule has 5 nitrogen and oxygen atoms in total. The third-order valence-corrected chi connectivity index (χ3v) is 4.66. The van der Waals surface area contributed by atoms with Crippen LogP contribution >= 0.6 is 0 Å². The Morgan fingerprint density at radius 1 is 1.26 bits per heavy atom. The molecule has 140 valence electrons. The summed E-state index contributed by atoms with van der Waals surface area (Å²) in [5.74, 6) is -0.695. The highest BCUT2D eigenvalue weighted by Crippen LogP contribution is 2.31. The van der Waals surface area contributed by atoms with Crippen molar-refractivity contribution < 1.29 is 18.7 Å². The first-order chi connectivity index (χ1) is 12.9. The van der Waals surface area contributed by atoms with Gasteiger partial charge in [-0.05, 0) is 30.7 Å². The van der Waals surface area contributed by atoms with Crippen molar-refractivity contribution in [3.05, 3.63) is 71.6 Å². The molecule has 0 saturated carbocycles. The summed E-state index contributed by atoms with van der Waals surface area (Å²) in [6, 6.07) is 11.4. The van der Waals surface area contributed by atoms with Crippen LogP contribution in [0.1, 0.15) is 40.9 Å². The minimum Gasteiger partial charge on any atom is -0.494 e. The van der Waals surface area contributed by atoms with Crippen molar-refractivity contribution in [2.45, 2.75) is 19.4 Å². The second-order valence-corrected chi connectivity index (χ2v) is 6.38. The summed E-state index contributed by atoms with van der Waals surface area (Å²) in [6.07, 6.45) is 0.127. The van der Waals surface area contributed by atoms with Gasteiger partial charge in [0.1, 0.15) is 0 Å². The zero-order chi connectivity index (χ0) is 19.6. The molecule has 2 aromatic carbocycles. The van der Waals surface area contributed by atoms with E-state index in [0.717, 1.165) is 5.56 Å². The van der Waals surface area contributed by atoms with Gasteiger partial charge in [0, 0.05) is 29.8 Å². The normalized spacial score (nSPS) is 14.1. The first-order valence-electron chi connectivity index (χ1n) is 8.65. The molecular weight excluding hydrogens is 347 g/mol. The number of halogens is 1. The van der Waals surface area contributed by atoms with E-state index in [2.05, 4.69) is 11.9 Å². The Hall–Kier alpha value is -3.15. The van der Waals surface area contributed by atoms with Crippen molar-refractivity contribution in [3.63, 3.8) is 0 Å². The van der Waals surface area contributed by atoms with Crippen LogP contribution in [0.3, 0.4) is 0 Å². The fourth-order valence-electron chi connectivity index (χ4n) is 3.13. The standard InChI is InChI=1S/C21H21FN2O3/c1-13(15-8-9-19(27-3)18(22)12-15)23-20(25)10-11-24-14(2)16-6-4-5-7-17(16)21(24)26/h4-9,12-13H,2,10-11H2,1,3H3,(H,23,25). The van der Waals surface area contributed by atoms with Crippen LogP contribution in [0.2, 0.25) is 0 Å². The monoisotopic (exact) mass is 368 g/mol. The molecule has 2 aromatic rings. The second kappa shape index (κ2) is 7.61. The largest absolute Gasteiger partial charge is 0.494 e. The van der Waals surface area contributed by atoms with Gasteiger partial charge in [-0.1, -0.05) is 30.8 Å². The number of rotatable bonds is 6. The highest BCUT2D eigenvalue weighted by Gasteiger charge is 2.30. The lowest BCUT2D eigenvalue weighted by atomic mass is 10.1. The van der Waals surface area contributed by atoms with Gasteiger partial charge in [-0.3, -0.25) is 9.59 Å². The highest BCUT2D eigenvalue weighted by atomic mass is 19.1. The predicted octanol–water partition coefficient (Wildman–Crippen LogP) is 3.53. The van der Waals surface area contributed by atoms with Gasteiger partial charge in [0.25, 0.3) is 5.91 Å². The summed E-state index contributed by atoms with van der Waals surface area (Å²) >= 11 is 0. The van der Waals surface area contributed by atoms with Gasteiger partial charge in [-0.15, -0.1) is 0 Å². The second-order valence-electron chi connectivity index (χ2n) is 6.38. The maximum Gasteiger partial charge on any atom is 0.258 e. The number of carbonyl (C=O) groups excluding carboxylic acids is 2. The summed E-state index contributed by atoms with van der Waals surface area (Å²) in [4.78, 5) is 26.2. The fourth-order valence-corrected chi connectivity index (χ4v) is 3.13. The lowest BCUT2D eigenvalue weighted by Gasteiger charge is -2.19. The van der Waals surface area contributed by atoms with Gasteiger partial charge >= 0.3 is 0 Å². The lowest BCUT2D eigenvalue weighted by molar-refractivity contribution is -0.121. The van der Waals surface area contributed by atoms with Crippen LogP contribution in [-0.4, -0.2) is 30.4 Å². The number of amides is 2. The summed E-state index contributed by atoms with van der Waals surface area (Å²) in [5, 5.41) is 2.82. The number of hydrogen-bond donors (Lipinski definition) is 1. The molecule has 0 aromatic heterocycles. The Kier molecular flexibility index (Phi) is 5.26. The van der Waals surface area contributed by atoms with Gasteiger partial charge in [-0.25, -0.2) is 4.39 Å². The molecule has 0 aliphatic carbocycles.